The molecule has 3 N–H and O–H groups in total. The van der Waals surface area contributed by atoms with E-state index in [0.717, 1.165) is 25.7 Å². The fourth-order valence-corrected chi connectivity index (χ4v) is 2.62. The van der Waals surface area contributed by atoms with Gasteiger partial charge in [-0.3, -0.25) is 0 Å². The Morgan fingerprint density at radius 2 is 1.96 bits per heavy atom. The van der Waals surface area contributed by atoms with E-state index < -0.39 is 5.60 Å². The third kappa shape index (κ3) is 6.09. The first kappa shape index (κ1) is 17.6. The van der Waals surface area contributed by atoms with Gasteiger partial charge in [0.2, 0.25) is 11.8 Å². The number of rotatable bonds is 3. The number of nitrogen functional groups attached to an aromatic ring is 1. The lowest BCUT2D eigenvalue weighted by Gasteiger charge is -2.30. The molecular weight excluding hydrogens is 320 g/mol. The minimum atomic E-state index is -0.489. The van der Waals surface area contributed by atoms with Crippen molar-refractivity contribution in [1.82, 2.24) is 15.3 Å². The molecule has 128 valence electrons. The average Bonchev–Trinajstić information content (AvgIpc) is 2.37. The summed E-state index contributed by atoms with van der Waals surface area (Å²) in [6, 6.07) is 1.65. The molecule has 7 nitrogen and oxygen atoms in total. The Bertz CT molecular complexity index is 534. The van der Waals surface area contributed by atoms with Crippen molar-refractivity contribution in [2.45, 2.75) is 64.2 Å². The van der Waals surface area contributed by atoms with Crippen molar-refractivity contribution in [3.05, 3.63) is 11.2 Å². The highest BCUT2D eigenvalue weighted by atomic mass is 35.5. The smallest absolute Gasteiger partial charge is 0.407 e. The summed E-state index contributed by atoms with van der Waals surface area (Å²) >= 11 is 5.83. The molecule has 1 aliphatic rings. The molecular formula is C15H23ClN4O3. The first-order valence-corrected chi connectivity index (χ1v) is 8.05. The molecule has 0 radical (unpaired) electrons. The number of nitrogens with two attached hydrogens (primary N) is 1. The summed E-state index contributed by atoms with van der Waals surface area (Å²) in [5, 5.41) is 3.15. The van der Waals surface area contributed by atoms with Crippen molar-refractivity contribution in [2.75, 3.05) is 5.73 Å². The van der Waals surface area contributed by atoms with Crippen LogP contribution < -0.4 is 15.8 Å². The molecule has 1 fully saturated rings. The fraction of sp³-hybridized carbons (Fsp3) is 0.667. The second kappa shape index (κ2) is 7.21. The van der Waals surface area contributed by atoms with E-state index in [-0.39, 0.29) is 29.3 Å². The Hall–Kier alpha value is -1.76. The number of amides is 1. The Morgan fingerprint density at radius 1 is 1.30 bits per heavy atom. The highest BCUT2D eigenvalue weighted by molar-refractivity contribution is 6.29. The Balaban J connectivity index is 1.78. The largest absolute Gasteiger partial charge is 0.474 e. The van der Waals surface area contributed by atoms with Crippen LogP contribution in [0.3, 0.4) is 0 Å². The predicted molar refractivity (Wildman–Crippen MR) is 87.5 cm³/mol. The van der Waals surface area contributed by atoms with E-state index in [0.29, 0.717) is 5.88 Å². The first-order chi connectivity index (χ1) is 10.7. The summed E-state index contributed by atoms with van der Waals surface area (Å²) in [6.45, 7) is 5.53. The maximum absolute atomic E-state index is 11.8. The maximum Gasteiger partial charge on any atom is 0.407 e. The molecule has 1 aliphatic carbocycles. The number of nitrogens with zero attached hydrogens (tertiary/aromatic N) is 2. The number of hydrogen-bond acceptors (Lipinski definition) is 6. The van der Waals surface area contributed by atoms with Crippen molar-refractivity contribution in [3.8, 4) is 5.88 Å². The highest BCUT2D eigenvalue weighted by Crippen LogP contribution is 2.24. The van der Waals surface area contributed by atoms with Crippen molar-refractivity contribution in [2.24, 2.45) is 0 Å². The first-order valence-electron chi connectivity index (χ1n) is 7.67. The van der Waals surface area contributed by atoms with Gasteiger partial charge in [-0.1, -0.05) is 11.6 Å². The van der Waals surface area contributed by atoms with Crippen LogP contribution in [0, 0.1) is 0 Å². The van der Waals surface area contributed by atoms with Crippen LogP contribution in [-0.4, -0.2) is 33.8 Å². The number of hydrogen-bond donors (Lipinski definition) is 2. The Morgan fingerprint density at radius 3 is 2.52 bits per heavy atom. The number of ether oxygens (including phenoxy) is 2. The lowest BCUT2D eigenvalue weighted by atomic mass is 9.93. The lowest BCUT2D eigenvalue weighted by molar-refractivity contribution is 0.0469. The van der Waals surface area contributed by atoms with Gasteiger partial charge in [0.1, 0.15) is 16.9 Å². The number of anilines is 1. The van der Waals surface area contributed by atoms with Crippen LogP contribution in [0.25, 0.3) is 0 Å². The predicted octanol–water partition coefficient (Wildman–Crippen LogP) is 2.93. The van der Waals surface area contributed by atoms with Crippen LogP contribution in [0.1, 0.15) is 46.5 Å². The quantitative estimate of drug-likeness (QED) is 0.819. The molecule has 1 aromatic heterocycles. The lowest BCUT2D eigenvalue weighted by Crippen LogP contribution is -2.42. The minimum absolute atomic E-state index is 0.0250. The summed E-state index contributed by atoms with van der Waals surface area (Å²) in [4.78, 5) is 19.6. The van der Waals surface area contributed by atoms with Crippen LogP contribution in [0.15, 0.2) is 6.07 Å². The summed E-state index contributed by atoms with van der Waals surface area (Å²) in [5.74, 6) is 0.471. The van der Waals surface area contributed by atoms with E-state index in [9.17, 15) is 4.79 Å². The Kier molecular flexibility index (Phi) is 5.51. The van der Waals surface area contributed by atoms with Crippen LogP contribution in [0.4, 0.5) is 10.7 Å². The highest BCUT2D eigenvalue weighted by Gasteiger charge is 2.26. The maximum atomic E-state index is 11.8. The minimum Gasteiger partial charge on any atom is -0.474 e. The van der Waals surface area contributed by atoms with Crippen LogP contribution in [0.2, 0.25) is 5.15 Å². The zero-order valence-corrected chi connectivity index (χ0v) is 14.4. The van der Waals surface area contributed by atoms with Gasteiger partial charge in [0.05, 0.1) is 0 Å². The number of carbonyl (C=O) groups is 1. The van der Waals surface area contributed by atoms with Crippen LogP contribution >= 0.6 is 11.6 Å². The molecule has 1 amide bonds. The molecule has 1 aromatic rings. The molecule has 0 unspecified atom stereocenters. The van der Waals surface area contributed by atoms with Crippen molar-refractivity contribution in [3.63, 3.8) is 0 Å². The number of nitrogens with one attached hydrogen (secondary N) is 1. The zero-order chi connectivity index (χ0) is 17.0. The molecule has 0 saturated heterocycles. The fourth-order valence-electron chi connectivity index (χ4n) is 2.44. The molecule has 23 heavy (non-hydrogen) atoms. The Labute approximate surface area is 140 Å². The average molecular weight is 343 g/mol. The second-order valence-corrected chi connectivity index (χ2v) is 7.01. The third-order valence-corrected chi connectivity index (χ3v) is 3.56. The van der Waals surface area contributed by atoms with Gasteiger partial charge in [-0.2, -0.15) is 4.98 Å². The number of halogens is 1. The van der Waals surface area contributed by atoms with Crippen molar-refractivity contribution in [1.29, 1.82) is 0 Å². The second-order valence-electron chi connectivity index (χ2n) is 6.62. The van der Waals surface area contributed by atoms with E-state index in [4.69, 9.17) is 26.8 Å². The molecule has 0 bridgehead atoms. The molecule has 8 heteroatoms. The zero-order valence-electron chi connectivity index (χ0n) is 13.6. The molecule has 0 aliphatic heterocycles. The number of alkyl carbamates (subject to hydrolysis) is 1. The summed E-state index contributed by atoms with van der Waals surface area (Å²) in [7, 11) is 0. The van der Waals surface area contributed by atoms with Crippen LogP contribution in [-0.2, 0) is 4.74 Å². The van der Waals surface area contributed by atoms with Gasteiger partial charge in [0, 0.05) is 12.1 Å². The summed E-state index contributed by atoms with van der Waals surface area (Å²) < 4.78 is 11.1. The summed E-state index contributed by atoms with van der Waals surface area (Å²) in [6.07, 6.45) is 2.90. The van der Waals surface area contributed by atoms with E-state index in [1.807, 2.05) is 20.8 Å². The van der Waals surface area contributed by atoms with E-state index >= 15 is 0 Å². The molecule has 0 spiro atoms. The number of aromatic nitrogens is 2. The number of carbonyl (C=O) groups excluding carboxylic acids is 1. The topological polar surface area (TPSA) is 99.4 Å². The van der Waals surface area contributed by atoms with Gasteiger partial charge in [-0.05, 0) is 46.5 Å². The summed E-state index contributed by atoms with van der Waals surface area (Å²) in [5.41, 5.74) is 5.05. The van der Waals surface area contributed by atoms with Gasteiger partial charge in [0.15, 0.2) is 0 Å². The SMILES string of the molecule is CC(C)(C)OC(=O)NC1CCC(Oc2cc(Cl)nc(N)n2)CC1. The van der Waals surface area contributed by atoms with E-state index in [2.05, 4.69) is 15.3 Å². The third-order valence-electron chi connectivity index (χ3n) is 3.37. The van der Waals surface area contributed by atoms with Gasteiger partial charge in [0.25, 0.3) is 0 Å². The van der Waals surface area contributed by atoms with Gasteiger partial charge in [-0.15, -0.1) is 0 Å². The molecule has 1 saturated carbocycles. The van der Waals surface area contributed by atoms with Gasteiger partial charge < -0.3 is 20.5 Å². The van der Waals surface area contributed by atoms with Gasteiger partial charge >= 0.3 is 6.09 Å². The van der Waals surface area contributed by atoms with Crippen molar-refractivity contribution >= 4 is 23.6 Å². The van der Waals surface area contributed by atoms with E-state index in [1.165, 1.54) is 0 Å². The van der Waals surface area contributed by atoms with Gasteiger partial charge in [-0.25, -0.2) is 9.78 Å². The molecule has 0 aromatic carbocycles. The standard InChI is InChI=1S/C15H23ClN4O3/c1-15(2,3)23-14(21)18-9-4-6-10(7-5-9)22-12-8-11(16)19-13(17)20-12/h8-10H,4-7H2,1-3H3,(H,18,21)(H2,17,19,20). The van der Waals surface area contributed by atoms with Crippen molar-refractivity contribution < 1.29 is 14.3 Å². The molecule has 1 heterocycles. The van der Waals surface area contributed by atoms with Crippen LogP contribution in [0.5, 0.6) is 5.88 Å². The normalized spacial score (nSPS) is 21.6. The molecule has 0 atom stereocenters. The monoisotopic (exact) mass is 342 g/mol. The van der Waals surface area contributed by atoms with E-state index in [1.54, 1.807) is 6.07 Å². The molecule has 2 rings (SSSR count).